The molecule has 0 aliphatic heterocycles. The molecule has 0 aliphatic carbocycles. The molecule has 1 aromatic carbocycles. The molecule has 5 nitrogen and oxygen atoms in total. The van der Waals surface area contributed by atoms with E-state index in [1.54, 1.807) is 13.3 Å². The highest BCUT2D eigenvalue weighted by atomic mass is 35.5. The smallest absolute Gasteiger partial charge is 0.160 e. The Balaban J connectivity index is 1.99. The standard InChI is InChI=1S/C16H17ClN4O/c1-22-13-4-2-11(3-5-13)8-15-20-14-9-12(17)10-19-16(14)21(15)7-6-18/h2-5,9-10H,6-8,18H2,1H3. The number of fused-ring (bicyclic) bond motifs is 1. The number of nitrogens with two attached hydrogens (primary N) is 1. The number of aromatic nitrogens is 3. The highest BCUT2D eigenvalue weighted by molar-refractivity contribution is 6.31. The molecular formula is C16H17ClN4O. The number of nitrogens with zero attached hydrogens (tertiary/aromatic N) is 3. The molecule has 3 aromatic rings. The van der Waals surface area contributed by atoms with E-state index in [0.29, 0.717) is 24.5 Å². The molecule has 2 N–H and O–H groups in total. The minimum atomic E-state index is 0.533. The molecule has 0 amide bonds. The second-order valence-electron chi connectivity index (χ2n) is 4.99. The zero-order valence-corrected chi connectivity index (χ0v) is 13.0. The van der Waals surface area contributed by atoms with Crippen molar-refractivity contribution in [2.45, 2.75) is 13.0 Å². The fraction of sp³-hybridized carbons (Fsp3) is 0.250. The SMILES string of the molecule is COc1ccc(Cc2nc3cc(Cl)cnc3n2CCN)cc1. The molecule has 0 atom stereocenters. The normalized spacial score (nSPS) is 11.0. The van der Waals surface area contributed by atoms with Crippen LogP contribution < -0.4 is 10.5 Å². The van der Waals surface area contributed by atoms with Crippen LogP contribution in [0.1, 0.15) is 11.4 Å². The van der Waals surface area contributed by atoms with Crippen molar-refractivity contribution < 1.29 is 4.74 Å². The van der Waals surface area contributed by atoms with E-state index in [2.05, 4.69) is 14.5 Å². The predicted molar refractivity (Wildman–Crippen MR) is 87.4 cm³/mol. The third kappa shape index (κ3) is 2.91. The number of ether oxygens (including phenoxy) is 1. The zero-order valence-electron chi connectivity index (χ0n) is 12.3. The van der Waals surface area contributed by atoms with Gasteiger partial charge in [0.2, 0.25) is 0 Å². The quantitative estimate of drug-likeness (QED) is 0.786. The average molecular weight is 317 g/mol. The monoisotopic (exact) mass is 316 g/mol. The lowest BCUT2D eigenvalue weighted by Gasteiger charge is -2.07. The van der Waals surface area contributed by atoms with Gasteiger partial charge in [0.1, 0.15) is 17.1 Å². The molecule has 0 unspecified atom stereocenters. The number of methoxy groups -OCH3 is 1. The molecule has 6 heteroatoms. The number of hydrogen-bond acceptors (Lipinski definition) is 4. The first-order chi connectivity index (χ1) is 10.7. The number of rotatable bonds is 5. The summed E-state index contributed by atoms with van der Waals surface area (Å²) in [6, 6.07) is 9.78. The maximum Gasteiger partial charge on any atom is 0.160 e. The van der Waals surface area contributed by atoms with Gasteiger partial charge in [0.15, 0.2) is 5.65 Å². The lowest BCUT2D eigenvalue weighted by molar-refractivity contribution is 0.414. The molecule has 22 heavy (non-hydrogen) atoms. The number of halogens is 1. The van der Waals surface area contributed by atoms with Gasteiger partial charge in [-0.05, 0) is 23.8 Å². The van der Waals surface area contributed by atoms with Crippen LogP contribution in [-0.4, -0.2) is 28.2 Å². The summed E-state index contributed by atoms with van der Waals surface area (Å²) in [6.45, 7) is 1.21. The summed E-state index contributed by atoms with van der Waals surface area (Å²) in [5, 5.41) is 0.584. The van der Waals surface area contributed by atoms with Crippen LogP contribution in [-0.2, 0) is 13.0 Å². The largest absolute Gasteiger partial charge is 0.497 e. The summed E-state index contributed by atoms with van der Waals surface area (Å²) < 4.78 is 7.23. The molecule has 0 fully saturated rings. The Hall–Kier alpha value is -2.11. The number of hydrogen-bond donors (Lipinski definition) is 1. The van der Waals surface area contributed by atoms with E-state index in [-0.39, 0.29) is 0 Å². The van der Waals surface area contributed by atoms with E-state index in [4.69, 9.17) is 22.1 Å². The third-order valence-electron chi connectivity index (χ3n) is 3.50. The van der Waals surface area contributed by atoms with Gasteiger partial charge in [0.05, 0.1) is 12.1 Å². The minimum Gasteiger partial charge on any atom is -0.497 e. The van der Waals surface area contributed by atoms with Crippen LogP contribution in [0.25, 0.3) is 11.2 Å². The predicted octanol–water partition coefficient (Wildman–Crippen LogP) is 2.64. The van der Waals surface area contributed by atoms with Gasteiger partial charge in [-0.25, -0.2) is 9.97 Å². The molecule has 114 valence electrons. The highest BCUT2D eigenvalue weighted by Gasteiger charge is 2.12. The summed E-state index contributed by atoms with van der Waals surface area (Å²) in [5.74, 6) is 1.77. The van der Waals surface area contributed by atoms with Crippen molar-refractivity contribution >= 4 is 22.8 Å². The van der Waals surface area contributed by atoms with Crippen molar-refractivity contribution in [3.8, 4) is 5.75 Å². The van der Waals surface area contributed by atoms with Crippen LogP contribution in [0.2, 0.25) is 5.02 Å². The topological polar surface area (TPSA) is 66.0 Å². The molecule has 0 aliphatic rings. The van der Waals surface area contributed by atoms with Crippen molar-refractivity contribution in [2.24, 2.45) is 5.73 Å². The third-order valence-corrected chi connectivity index (χ3v) is 3.71. The van der Waals surface area contributed by atoms with Gasteiger partial charge in [0, 0.05) is 25.7 Å². The van der Waals surface area contributed by atoms with E-state index in [1.165, 1.54) is 0 Å². The van der Waals surface area contributed by atoms with Crippen molar-refractivity contribution in [3.05, 3.63) is 52.9 Å². The lowest BCUT2D eigenvalue weighted by Crippen LogP contribution is -2.13. The van der Waals surface area contributed by atoms with Crippen LogP contribution in [0.5, 0.6) is 5.75 Å². The Morgan fingerprint density at radius 2 is 2.05 bits per heavy atom. The van der Waals surface area contributed by atoms with Crippen molar-refractivity contribution in [3.63, 3.8) is 0 Å². The second-order valence-corrected chi connectivity index (χ2v) is 5.43. The maximum absolute atomic E-state index is 6.00. The van der Waals surface area contributed by atoms with Crippen LogP contribution in [0.3, 0.4) is 0 Å². The van der Waals surface area contributed by atoms with Gasteiger partial charge in [-0.2, -0.15) is 0 Å². The first kappa shape index (κ1) is 14.8. The van der Waals surface area contributed by atoms with E-state index in [9.17, 15) is 0 Å². The van der Waals surface area contributed by atoms with Crippen molar-refractivity contribution in [1.82, 2.24) is 14.5 Å². The van der Waals surface area contributed by atoms with Crippen LogP contribution in [0.15, 0.2) is 36.5 Å². The van der Waals surface area contributed by atoms with Gasteiger partial charge < -0.3 is 15.0 Å². The molecule has 0 bridgehead atoms. The molecule has 2 heterocycles. The Kier molecular flexibility index (Phi) is 4.27. The number of benzene rings is 1. The summed E-state index contributed by atoms with van der Waals surface area (Å²) in [7, 11) is 1.66. The molecule has 0 saturated carbocycles. The van der Waals surface area contributed by atoms with Gasteiger partial charge >= 0.3 is 0 Å². The maximum atomic E-state index is 6.00. The molecular weight excluding hydrogens is 300 g/mol. The fourth-order valence-electron chi connectivity index (χ4n) is 2.46. The second kappa shape index (κ2) is 6.34. The Morgan fingerprint density at radius 1 is 1.27 bits per heavy atom. The van der Waals surface area contributed by atoms with E-state index < -0.39 is 0 Å². The minimum absolute atomic E-state index is 0.533. The van der Waals surface area contributed by atoms with Crippen molar-refractivity contribution in [2.75, 3.05) is 13.7 Å². The van der Waals surface area contributed by atoms with Crippen LogP contribution in [0, 0.1) is 0 Å². The molecule has 0 radical (unpaired) electrons. The number of imidazole rings is 1. The van der Waals surface area contributed by atoms with Crippen LogP contribution >= 0.6 is 11.6 Å². The first-order valence-corrected chi connectivity index (χ1v) is 7.42. The van der Waals surface area contributed by atoms with E-state index in [1.807, 2.05) is 30.3 Å². The Morgan fingerprint density at radius 3 is 2.73 bits per heavy atom. The number of pyridine rings is 1. The molecule has 0 saturated heterocycles. The first-order valence-electron chi connectivity index (χ1n) is 7.05. The van der Waals surface area contributed by atoms with E-state index >= 15 is 0 Å². The van der Waals surface area contributed by atoms with Crippen LogP contribution in [0.4, 0.5) is 0 Å². The molecule has 0 spiro atoms. The van der Waals surface area contributed by atoms with Gasteiger partial charge in [-0.15, -0.1) is 0 Å². The lowest BCUT2D eigenvalue weighted by atomic mass is 10.1. The summed E-state index contributed by atoms with van der Waals surface area (Å²) in [6.07, 6.45) is 2.34. The fourth-order valence-corrected chi connectivity index (χ4v) is 2.61. The molecule has 3 rings (SSSR count). The highest BCUT2D eigenvalue weighted by Crippen LogP contribution is 2.20. The summed E-state index contributed by atoms with van der Waals surface area (Å²) in [4.78, 5) is 9.04. The van der Waals surface area contributed by atoms with Crippen molar-refractivity contribution in [1.29, 1.82) is 0 Å². The Bertz CT molecular complexity index is 783. The van der Waals surface area contributed by atoms with Gasteiger partial charge in [-0.3, -0.25) is 0 Å². The average Bonchev–Trinajstić information content (AvgIpc) is 2.85. The zero-order chi connectivity index (χ0) is 15.5. The Labute approximate surface area is 133 Å². The summed E-state index contributed by atoms with van der Waals surface area (Å²) in [5.41, 5.74) is 8.49. The summed E-state index contributed by atoms with van der Waals surface area (Å²) >= 11 is 6.00. The van der Waals surface area contributed by atoms with Gasteiger partial charge in [0.25, 0.3) is 0 Å². The molecule has 2 aromatic heterocycles. The van der Waals surface area contributed by atoms with E-state index in [0.717, 1.165) is 28.3 Å². The van der Waals surface area contributed by atoms with Gasteiger partial charge in [-0.1, -0.05) is 23.7 Å².